The number of carbonyl (C=O) groups excluding carboxylic acids is 1. The van der Waals surface area contributed by atoms with Crippen molar-refractivity contribution in [2.75, 3.05) is 32.8 Å². The van der Waals surface area contributed by atoms with E-state index < -0.39 is 0 Å². The van der Waals surface area contributed by atoms with E-state index in [0.717, 1.165) is 51.3 Å². The molecular weight excluding hydrogens is 268 g/mol. The van der Waals surface area contributed by atoms with Gasteiger partial charge in [0.1, 0.15) is 0 Å². The van der Waals surface area contributed by atoms with Crippen LogP contribution < -0.4 is 5.32 Å². The van der Waals surface area contributed by atoms with Gasteiger partial charge in [0.25, 0.3) is 0 Å². The predicted molar refractivity (Wildman–Crippen MR) is 80.9 cm³/mol. The lowest BCUT2D eigenvalue weighted by Crippen LogP contribution is -2.37. The number of nitrogens with one attached hydrogen (secondary N) is 1. The number of aryl methyl sites for hydroxylation is 1. The SMILES string of the molecule is CCC(NC(=O)CCCN1CCOCC1)c1cnn(C)c1. The molecule has 1 aliphatic heterocycles. The average molecular weight is 294 g/mol. The van der Waals surface area contributed by atoms with Crippen molar-refractivity contribution in [3.63, 3.8) is 0 Å². The number of carbonyl (C=O) groups is 1. The number of morpholine rings is 1. The molecular formula is C15H26N4O2. The number of nitrogens with zero attached hydrogens (tertiary/aromatic N) is 3. The fourth-order valence-corrected chi connectivity index (χ4v) is 2.60. The Hall–Kier alpha value is -1.40. The summed E-state index contributed by atoms with van der Waals surface area (Å²) in [6.07, 6.45) is 6.13. The van der Waals surface area contributed by atoms with Gasteiger partial charge >= 0.3 is 0 Å². The highest BCUT2D eigenvalue weighted by Gasteiger charge is 2.15. The molecule has 0 bridgehead atoms. The molecule has 1 N–H and O–H groups in total. The van der Waals surface area contributed by atoms with E-state index in [4.69, 9.17) is 4.74 Å². The number of hydrogen-bond donors (Lipinski definition) is 1. The van der Waals surface area contributed by atoms with Crippen LogP contribution in [0.3, 0.4) is 0 Å². The van der Waals surface area contributed by atoms with Gasteiger partial charge in [-0.2, -0.15) is 5.10 Å². The third-order valence-corrected chi connectivity index (χ3v) is 3.85. The van der Waals surface area contributed by atoms with Crippen molar-refractivity contribution in [3.05, 3.63) is 18.0 Å². The summed E-state index contributed by atoms with van der Waals surface area (Å²) in [5.74, 6) is 0.124. The molecule has 0 saturated carbocycles. The highest BCUT2D eigenvalue weighted by Crippen LogP contribution is 2.15. The first-order valence-corrected chi connectivity index (χ1v) is 7.77. The van der Waals surface area contributed by atoms with Gasteiger partial charge in [0.2, 0.25) is 5.91 Å². The molecule has 1 aromatic rings. The summed E-state index contributed by atoms with van der Waals surface area (Å²) in [7, 11) is 1.89. The fraction of sp³-hybridized carbons (Fsp3) is 0.733. The Morgan fingerprint density at radius 2 is 2.24 bits per heavy atom. The van der Waals surface area contributed by atoms with Crippen LogP contribution in [0, 0.1) is 0 Å². The Bertz CT molecular complexity index is 441. The predicted octanol–water partition coefficient (Wildman–Crippen LogP) is 1.10. The first-order chi connectivity index (χ1) is 10.2. The molecule has 1 saturated heterocycles. The Morgan fingerprint density at radius 3 is 2.86 bits per heavy atom. The van der Waals surface area contributed by atoms with E-state index >= 15 is 0 Å². The lowest BCUT2D eigenvalue weighted by molar-refractivity contribution is -0.122. The summed E-state index contributed by atoms with van der Waals surface area (Å²) in [5, 5.41) is 7.26. The van der Waals surface area contributed by atoms with Crippen LogP contribution in [-0.2, 0) is 16.6 Å². The van der Waals surface area contributed by atoms with Gasteiger partial charge in [-0.15, -0.1) is 0 Å². The standard InChI is InChI=1S/C15H26N4O2/c1-3-14(13-11-16-18(2)12-13)17-15(20)5-4-6-19-7-9-21-10-8-19/h11-12,14H,3-10H2,1-2H3,(H,17,20). The Kier molecular flexibility index (Phi) is 6.20. The fourth-order valence-electron chi connectivity index (χ4n) is 2.60. The summed E-state index contributed by atoms with van der Waals surface area (Å²) in [5.41, 5.74) is 1.07. The quantitative estimate of drug-likeness (QED) is 0.818. The molecule has 0 aromatic carbocycles. The lowest BCUT2D eigenvalue weighted by Gasteiger charge is -2.26. The number of aromatic nitrogens is 2. The summed E-state index contributed by atoms with van der Waals surface area (Å²) in [6.45, 7) is 6.63. The number of ether oxygens (including phenoxy) is 1. The molecule has 6 nitrogen and oxygen atoms in total. The maximum atomic E-state index is 12.1. The van der Waals surface area contributed by atoms with Crippen LogP contribution in [-0.4, -0.2) is 53.4 Å². The van der Waals surface area contributed by atoms with Crippen molar-refractivity contribution in [2.45, 2.75) is 32.2 Å². The highest BCUT2D eigenvalue weighted by atomic mass is 16.5. The van der Waals surface area contributed by atoms with Gasteiger partial charge in [0, 0.05) is 38.3 Å². The van der Waals surface area contributed by atoms with Gasteiger partial charge in [-0.1, -0.05) is 6.92 Å². The first-order valence-electron chi connectivity index (χ1n) is 7.77. The molecule has 2 rings (SSSR count). The molecule has 1 aromatic heterocycles. The van der Waals surface area contributed by atoms with Crippen molar-refractivity contribution in [1.82, 2.24) is 20.0 Å². The number of hydrogen-bond acceptors (Lipinski definition) is 4. The Labute approximate surface area is 126 Å². The van der Waals surface area contributed by atoms with E-state index in [0.29, 0.717) is 6.42 Å². The smallest absolute Gasteiger partial charge is 0.220 e. The Morgan fingerprint density at radius 1 is 1.48 bits per heavy atom. The molecule has 118 valence electrons. The average Bonchev–Trinajstić information content (AvgIpc) is 2.92. The molecule has 1 unspecified atom stereocenters. The van der Waals surface area contributed by atoms with E-state index in [1.54, 1.807) is 4.68 Å². The van der Waals surface area contributed by atoms with E-state index in [9.17, 15) is 4.79 Å². The largest absolute Gasteiger partial charge is 0.379 e. The van der Waals surface area contributed by atoms with Crippen LogP contribution in [0.4, 0.5) is 0 Å². The van der Waals surface area contributed by atoms with E-state index in [-0.39, 0.29) is 11.9 Å². The third kappa shape index (κ3) is 5.13. The molecule has 0 spiro atoms. The summed E-state index contributed by atoms with van der Waals surface area (Å²) in [4.78, 5) is 14.4. The molecule has 1 aliphatic rings. The topological polar surface area (TPSA) is 59.4 Å². The van der Waals surface area contributed by atoms with Crippen LogP contribution in [0.1, 0.15) is 37.8 Å². The van der Waals surface area contributed by atoms with Crippen LogP contribution in [0.2, 0.25) is 0 Å². The van der Waals surface area contributed by atoms with Gasteiger partial charge in [-0.25, -0.2) is 0 Å². The second kappa shape index (κ2) is 8.14. The maximum absolute atomic E-state index is 12.1. The molecule has 1 fully saturated rings. The van der Waals surface area contributed by atoms with Gasteiger partial charge in [0.05, 0.1) is 25.5 Å². The van der Waals surface area contributed by atoms with Crippen molar-refractivity contribution >= 4 is 5.91 Å². The monoisotopic (exact) mass is 294 g/mol. The molecule has 21 heavy (non-hydrogen) atoms. The van der Waals surface area contributed by atoms with Gasteiger partial charge in [0.15, 0.2) is 0 Å². The van der Waals surface area contributed by atoms with E-state index in [1.807, 2.05) is 19.4 Å². The normalized spacial score (nSPS) is 17.6. The van der Waals surface area contributed by atoms with Crippen LogP contribution in [0.5, 0.6) is 0 Å². The second-order valence-corrected chi connectivity index (χ2v) is 5.53. The van der Waals surface area contributed by atoms with E-state index in [2.05, 4.69) is 22.2 Å². The van der Waals surface area contributed by atoms with Crippen molar-refractivity contribution in [2.24, 2.45) is 7.05 Å². The van der Waals surface area contributed by atoms with Crippen LogP contribution >= 0.6 is 0 Å². The molecule has 1 amide bonds. The molecule has 1 atom stereocenters. The third-order valence-electron chi connectivity index (χ3n) is 3.85. The maximum Gasteiger partial charge on any atom is 0.220 e. The molecule has 2 heterocycles. The number of rotatable bonds is 7. The van der Waals surface area contributed by atoms with Gasteiger partial charge < -0.3 is 10.1 Å². The second-order valence-electron chi connectivity index (χ2n) is 5.53. The zero-order valence-electron chi connectivity index (χ0n) is 13.0. The first kappa shape index (κ1) is 16.0. The molecule has 0 aliphatic carbocycles. The zero-order chi connectivity index (χ0) is 15.1. The van der Waals surface area contributed by atoms with Gasteiger partial charge in [-0.05, 0) is 19.4 Å². The van der Waals surface area contributed by atoms with E-state index in [1.165, 1.54) is 0 Å². The van der Waals surface area contributed by atoms with Crippen molar-refractivity contribution in [3.8, 4) is 0 Å². The van der Waals surface area contributed by atoms with Crippen molar-refractivity contribution in [1.29, 1.82) is 0 Å². The van der Waals surface area contributed by atoms with Gasteiger partial charge in [-0.3, -0.25) is 14.4 Å². The summed E-state index contributed by atoms with van der Waals surface area (Å²) >= 11 is 0. The highest BCUT2D eigenvalue weighted by molar-refractivity contribution is 5.76. The molecule has 0 radical (unpaired) electrons. The van der Waals surface area contributed by atoms with Crippen LogP contribution in [0.15, 0.2) is 12.4 Å². The zero-order valence-corrected chi connectivity index (χ0v) is 13.0. The summed E-state index contributed by atoms with van der Waals surface area (Å²) < 4.78 is 7.08. The Balaban J connectivity index is 1.70. The number of amides is 1. The minimum atomic E-state index is 0.0644. The molecule has 6 heteroatoms. The van der Waals surface area contributed by atoms with Crippen LogP contribution in [0.25, 0.3) is 0 Å². The van der Waals surface area contributed by atoms with Crippen molar-refractivity contribution < 1.29 is 9.53 Å². The summed E-state index contributed by atoms with van der Waals surface area (Å²) in [6, 6.07) is 0.0644. The lowest BCUT2D eigenvalue weighted by atomic mass is 10.1. The minimum Gasteiger partial charge on any atom is -0.379 e. The minimum absolute atomic E-state index is 0.0644.